The summed E-state index contributed by atoms with van der Waals surface area (Å²) in [6.45, 7) is 10.4. The van der Waals surface area contributed by atoms with Gasteiger partial charge in [0, 0.05) is 5.41 Å². The minimum Gasteiger partial charge on any atom is -0.508 e. The molecule has 1 rings (SSSR count). The van der Waals surface area contributed by atoms with Crippen LogP contribution < -0.4 is 0 Å². The van der Waals surface area contributed by atoms with Crippen LogP contribution in [-0.2, 0) is 0 Å². The van der Waals surface area contributed by atoms with Crippen LogP contribution >= 0.6 is 0 Å². The molecular formula is C18H24O. The highest BCUT2D eigenvalue weighted by molar-refractivity contribution is 5.51. The average Bonchev–Trinajstić information content (AvgIpc) is 2.38. The Bertz CT molecular complexity index is 461. The molecule has 0 fully saturated rings. The molecule has 0 bridgehead atoms. The summed E-state index contributed by atoms with van der Waals surface area (Å²) in [6, 6.07) is 7.22. The Morgan fingerprint density at radius 1 is 1.26 bits per heavy atom. The zero-order chi connectivity index (χ0) is 14.3. The van der Waals surface area contributed by atoms with E-state index in [0.717, 1.165) is 18.4 Å². The van der Waals surface area contributed by atoms with Crippen LogP contribution in [0.25, 0.3) is 6.08 Å². The molecule has 0 aliphatic heterocycles. The molecule has 0 heterocycles. The quantitative estimate of drug-likeness (QED) is 0.681. The predicted molar refractivity (Wildman–Crippen MR) is 84.1 cm³/mol. The van der Waals surface area contributed by atoms with Crippen LogP contribution in [0.4, 0.5) is 0 Å². The topological polar surface area (TPSA) is 20.2 Å². The van der Waals surface area contributed by atoms with E-state index >= 15 is 0 Å². The molecular weight excluding hydrogens is 232 g/mol. The van der Waals surface area contributed by atoms with Crippen LogP contribution in [-0.4, -0.2) is 5.11 Å². The number of hydrogen-bond donors (Lipinski definition) is 1. The van der Waals surface area contributed by atoms with Crippen molar-refractivity contribution in [3.63, 3.8) is 0 Å². The summed E-state index contributed by atoms with van der Waals surface area (Å²) in [7, 11) is 0. The van der Waals surface area contributed by atoms with Crippen LogP contribution in [0.15, 0.2) is 54.6 Å². The lowest BCUT2D eigenvalue weighted by Crippen LogP contribution is -2.08. The molecule has 0 radical (unpaired) electrons. The normalized spacial score (nSPS) is 14.1. The molecule has 1 aromatic rings. The molecule has 0 aromatic heterocycles. The van der Waals surface area contributed by atoms with Crippen molar-refractivity contribution < 1.29 is 5.11 Å². The maximum absolute atomic E-state index is 9.25. The lowest BCUT2D eigenvalue weighted by Gasteiger charge is -2.20. The van der Waals surface area contributed by atoms with Gasteiger partial charge in [-0.3, -0.25) is 0 Å². The number of phenolic OH excluding ortho intramolecular Hbond substituents is 1. The average molecular weight is 256 g/mol. The molecule has 0 amide bonds. The van der Waals surface area contributed by atoms with Gasteiger partial charge in [0.2, 0.25) is 0 Å². The molecule has 1 aromatic carbocycles. The third kappa shape index (κ3) is 5.60. The van der Waals surface area contributed by atoms with Crippen LogP contribution in [0.1, 0.15) is 39.2 Å². The van der Waals surface area contributed by atoms with E-state index in [1.165, 1.54) is 5.57 Å². The Balaban J connectivity index is 2.71. The summed E-state index contributed by atoms with van der Waals surface area (Å²) >= 11 is 0. The Hall–Kier alpha value is -1.76. The number of benzene rings is 1. The molecule has 0 aliphatic carbocycles. The molecule has 0 spiro atoms. The number of allylic oxidation sites excluding steroid dienone is 4. The maximum atomic E-state index is 9.25. The second-order valence-corrected chi connectivity index (χ2v) is 5.45. The Labute approximate surface area is 117 Å². The van der Waals surface area contributed by atoms with E-state index in [4.69, 9.17) is 0 Å². The first-order valence-corrected chi connectivity index (χ1v) is 6.70. The van der Waals surface area contributed by atoms with Gasteiger partial charge in [0.1, 0.15) is 5.75 Å². The second-order valence-electron chi connectivity index (χ2n) is 5.45. The van der Waals surface area contributed by atoms with Crippen molar-refractivity contribution in [2.45, 2.75) is 33.6 Å². The number of aromatic hydroxyl groups is 1. The second kappa shape index (κ2) is 6.98. The van der Waals surface area contributed by atoms with Gasteiger partial charge in [0.15, 0.2) is 0 Å². The smallest absolute Gasteiger partial charge is 0.115 e. The van der Waals surface area contributed by atoms with E-state index in [1.54, 1.807) is 12.1 Å². The summed E-state index contributed by atoms with van der Waals surface area (Å²) in [5.74, 6) is 0.298. The van der Waals surface area contributed by atoms with E-state index < -0.39 is 0 Å². The maximum Gasteiger partial charge on any atom is 0.115 e. The van der Waals surface area contributed by atoms with E-state index in [1.807, 2.05) is 18.2 Å². The molecule has 0 saturated carbocycles. The zero-order valence-electron chi connectivity index (χ0n) is 12.2. The summed E-state index contributed by atoms with van der Waals surface area (Å²) in [6.07, 6.45) is 10.6. The van der Waals surface area contributed by atoms with Crippen LogP contribution in [0, 0.1) is 5.41 Å². The van der Waals surface area contributed by atoms with Crippen molar-refractivity contribution >= 4 is 6.08 Å². The molecule has 19 heavy (non-hydrogen) atoms. The van der Waals surface area contributed by atoms with Crippen LogP contribution in [0.5, 0.6) is 5.75 Å². The summed E-state index contributed by atoms with van der Waals surface area (Å²) in [4.78, 5) is 0. The summed E-state index contributed by atoms with van der Waals surface area (Å²) in [5.41, 5.74) is 2.45. The van der Waals surface area contributed by atoms with Gasteiger partial charge in [-0.2, -0.15) is 0 Å². The van der Waals surface area contributed by atoms with Gasteiger partial charge in [0.25, 0.3) is 0 Å². The highest BCUT2D eigenvalue weighted by Gasteiger charge is 2.14. The first-order valence-electron chi connectivity index (χ1n) is 6.70. The van der Waals surface area contributed by atoms with Gasteiger partial charge in [-0.1, -0.05) is 48.9 Å². The zero-order valence-corrected chi connectivity index (χ0v) is 12.2. The lowest BCUT2D eigenvalue weighted by atomic mass is 9.84. The van der Waals surface area contributed by atoms with Crippen LogP contribution in [0.2, 0.25) is 0 Å². The van der Waals surface area contributed by atoms with Crippen molar-refractivity contribution in [3.05, 3.63) is 60.2 Å². The minimum absolute atomic E-state index is 0.00381. The highest BCUT2D eigenvalue weighted by Crippen LogP contribution is 2.28. The van der Waals surface area contributed by atoms with Crippen molar-refractivity contribution in [3.8, 4) is 5.75 Å². The SMILES string of the molecule is C=C[C@](C)(C=Cc1ccc(O)cc1)CCC=C(C)C. The fourth-order valence-electron chi connectivity index (χ4n) is 1.80. The molecule has 0 aliphatic rings. The third-order valence-corrected chi connectivity index (χ3v) is 3.25. The monoisotopic (exact) mass is 256 g/mol. The van der Waals surface area contributed by atoms with Crippen molar-refractivity contribution in [1.29, 1.82) is 0 Å². The highest BCUT2D eigenvalue weighted by atomic mass is 16.3. The van der Waals surface area contributed by atoms with Gasteiger partial charge in [-0.25, -0.2) is 0 Å². The largest absolute Gasteiger partial charge is 0.508 e. The van der Waals surface area contributed by atoms with E-state index in [2.05, 4.69) is 45.6 Å². The molecule has 0 unspecified atom stereocenters. The summed E-state index contributed by atoms with van der Waals surface area (Å²) in [5, 5.41) is 9.25. The predicted octanol–water partition coefficient (Wildman–Crippen LogP) is 5.34. The van der Waals surface area contributed by atoms with Crippen LogP contribution in [0.3, 0.4) is 0 Å². The van der Waals surface area contributed by atoms with Crippen molar-refractivity contribution in [1.82, 2.24) is 0 Å². The Morgan fingerprint density at radius 3 is 2.42 bits per heavy atom. The van der Waals surface area contributed by atoms with E-state index in [-0.39, 0.29) is 5.41 Å². The lowest BCUT2D eigenvalue weighted by molar-refractivity contribution is 0.475. The van der Waals surface area contributed by atoms with Gasteiger partial charge >= 0.3 is 0 Å². The Kier molecular flexibility index (Phi) is 5.62. The number of rotatable bonds is 6. The summed E-state index contributed by atoms with van der Waals surface area (Å²) < 4.78 is 0. The van der Waals surface area contributed by atoms with Gasteiger partial charge < -0.3 is 5.11 Å². The molecule has 1 atom stereocenters. The fourth-order valence-corrected chi connectivity index (χ4v) is 1.80. The molecule has 102 valence electrons. The van der Waals surface area contributed by atoms with Gasteiger partial charge in [-0.05, 0) is 44.4 Å². The number of hydrogen-bond acceptors (Lipinski definition) is 1. The standard InChI is InChI=1S/C18H24O/c1-5-18(4,13-6-7-15(2)3)14-12-16-8-10-17(19)11-9-16/h5,7-12,14,19H,1,6,13H2,2-4H3/t18-/m0/s1. The van der Waals surface area contributed by atoms with Crippen molar-refractivity contribution in [2.75, 3.05) is 0 Å². The third-order valence-electron chi connectivity index (χ3n) is 3.25. The molecule has 1 N–H and O–H groups in total. The van der Waals surface area contributed by atoms with E-state index in [9.17, 15) is 5.11 Å². The van der Waals surface area contributed by atoms with Crippen molar-refractivity contribution in [2.24, 2.45) is 5.41 Å². The number of phenols is 1. The van der Waals surface area contributed by atoms with E-state index in [0.29, 0.717) is 5.75 Å². The molecule has 1 nitrogen and oxygen atoms in total. The first-order chi connectivity index (χ1) is 8.95. The van der Waals surface area contributed by atoms with Gasteiger partial charge in [-0.15, -0.1) is 6.58 Å². The van der Waals surface area contributed by atoms with Gasteiger partial charge in [0.05, 0.1) is 0 Å². The fraction of sp³-hybridized carbons (Fsp3) is 0.333. The first kappa shape index (κ1) is 15.3. The Morgan fingerprint density at radius 2 is 1.89 bits per heavy atom. The minimum atomic E-state index is 0.00381. The molecule has 0 saturated heterocycles. The molecule has 1 heteroatoms.